The zero-order valence-corrected chi connectivity index (χ0v) is 12.8. The highest BCUT2D eigenvalue weighted by atomic mass is 79.9. The van der Waals surface area contributed by atoms with Gasteiger partial charge in [0, 0.05) is 19.3 Å². The van der Waals surface area contributed by atoms with Crippen LogP contribution in [0.1, 0.15) is 12.8 Å². The van der Waals surface area contributed by atoms with Gasteiger partial charge in [-0.1, -0.05) is 11.6 Å². The molecule has 1 saturated heterocycles. The summed E-state index contributed by atoms with van der Waals surface area (Å²) < 4.78 is 32.8. The van der Waals surface area contributed by atoms with E-state index in [0.29, 0.717) is 34.9 Å². The summed E-state index contributed by atoms with van der Waals surface area (Å²) in [6, 6.07) is 1.41. The molecular formula is C9H11BrClNO3S2. The first-order valence-electron chi connectivity index (χ1n) is 5.04. The molecule has 2 heterocycles. The lowest BCUT2D eigenvalue weighted by Crippen LogP contribution is -2.38. The molecule has 0 atom stereocenters. The molecule has 8 heteroatoms. The second kappa shape index (κ2) is 5.54. The predicted molar refractivity (Wildman–Crippen MR) is 71.2 cm³/mol. The minimum absolute atomic E-state index is 0.0478. The topological polar surface area (TPSA) is 55.4 Å². The van der Waals surface area contributed by atoms with E-state index in [4.69, 9.17) is 16.3 Å². The van der Waals surface area contributed by atoms with Gasteiger partial charge in [0.15, 0.2) is 0 Å². The van der Waals surface area contributed by atoms with Crippen LogP contribution in [0.3, 0.4) is 0 Å². The van der Waals surface area contributed by atoms with Crippen LogP contribution in [0.25, 0.3) is 0 Å². The summed E-state index contributed by atoms with van der Waals surface area (Å²) in [5.74, 6) is 0. The van der Waals surface area contributed by atoms with E-state index in [-0.39, 0.29) is 10.3 Å². The Labute approximate surface area is 117 Å². The van der Waals surface area contributed by atoms with Gasteiger partial charge in [0.25, 0.3) is 0 Å². The molecule has 0 aromatic carbocycles. The summed E-state index contributed by atoms with van der Waals surface area (Å²) in [4.78, 5) is 0. The number of hydrogen-bond acceptors (Lipinski definition) is 4. The van der Waals surface area contributed by atoms with Gasteiger partial charge >= 0.3 is 0 Å². The molecule has 0 spiro atoms. The number of ether oxygens (including phenoxy) is 1. The normalized spacial score (nSPS) is 18.5. The number of hydrogen-bond donors (Lipinski definition) is 1. The molecule has 17 heavy (non-hydrogen) atoms. The van der Waals surface area contributed by atoms with Gasteiger partial charge in [-0.25, -0.2) is 13.1 Å². The van der Waals surface area contributed by atoms with Crippen molar-refractivity contribution in [1.82, 2.24) is 4.72 Å². The molecule has 0 radical (unpaired) electrons. The lowest BCUT2D eigenvalue weighted by molar-refractivity contribution is 0.0832. The number of thiophene rings is 1. The van der Waals surface area contributed by atoms with Gasteiger partial charge in [0.1, 0.15) is 4.21 Å². The molecule has 0 bridgehead atoms. The third-order valence-corrected chi connectivity index (χ3v) is 6.90. The predicted octanol–water partition coefficient (Wildman–Crippen LogP) is 2.62. The van der Waals surface area contributed by atoms with Crippen LogP contribution >= 0.6 is 38.9 Å². The first kappa shape index (κ1) is 13.8. The van der Waals surface area contributed by atoms with Crippen molar-refractivity contribution in [2.45, 2.75) is 23.1 Å². The largest absolute Gasteiger partial charge is 0.381 e. The van der Waals surface area contributed by atoms with Gasteiger partial charge in [0.2, 0.25) is 10.0 Å². The van der Waals surface area contributed by atoms with Crippen LogP contribution in [-0.2, 0) is 14.8 Å². The Morgan fingerprint density at radius 1 is 1.47 bits per heavy atom. The minimum Gasteiger partial charge on any atom is -0.381 e. The molecule has 1 aliphatic rings. The molecule has 1 fully saturated rings. The molecule has 0 aliphatic carbocycles. The van der Waals surface area contributed by atoms with Gasteiger partial charge in [-0.3, -0.25) is 0 Å². The molecule has 96 valence electrons. The van der Waals surface area contributed by atoms with Crippen LogP contribution in [0, 0.1) is 0 Å². The highest BCUT2D eigenvalue weighted by molar-refractivity contribution is 9.11. The van der Waals surface area contributed by atoms with Gasteiger partial charge in [0.05, 0.1) is 8.81 Å². The van der Waals surface area contributed by atoms with Crippen LogP contribution in [0.4, 0.5) is 0 Å². The highest BCUT2D eigenvalue weighted by Gasteiger charge is 2.24. The van der Waals surface area contributed by atoms with E-state index in [0.717, 1.165) is 11.3 Å². The number of sulfonamides is 1. The lowest BCUT2D eigenvalue weighted by Gasteiger charge is -2.22. The van der Waals surface area contributed by atoms with Gasteiger partial charge in [-0.2, -0.15) is 0 Å². The van der Waals surface area contributed by atoms with Gasteiger partial charge in [-0.15, -0.1) is 11.3 Å². The van der Waals surface area contributed by atoms with Crippen LogP contribution in [0.2, 0.25) is 5.02 Å². The Morgan fingerprint density at radius 3 is 2.65 bits per heavy atom. The lowest BCUT2D eigenvalue weighted by atomic mass is 10.1. The molecule has 0 unspecified atom stereocenters. The summed E-state index contributed by atoms with van der Waals surface area (Å²) in [6.45, 7) is 1.20. The van der Waals surface area contributed by atoms with Crippen molar-refractivity contribution < 1.29 is 13.2 Å². The number of halogens is 2. The van der Waals surface area contributed by atoms with Crippen molar-refractivity contribution in [2.24, 2.45) is 0 Å². The van der Waals surface area contributed by atoms with E-state index >= 15 is 0 Å². The second-order valence-electron chi connectivity index (χ2n) is 3.70. The zero-order valence-electron chi connectivity index (χ0n) is 8.78. The Hall–Kier alpha value is 0.340. The van der Waals surface area contributed by atoms with E-state index in [1.807, 2.05) is 0 Å². The summed E-state index contributed by atoms with van der Waals surface area (Å²) >= 11 is 10.2. The van der Waals surface area contributed by atoms with Crippen molar-refractivity contribution >= 4 is 48.9 Å². The molecule has 1 aromatic heterocycles. The first-order valence-corrected chi connectivity index (χ1v) is 8.51. The molecule has 1 aliphatic heterocycles. The van der Waals surface area contributed by atoms with Crippen molar-refractivity contribution in [2.75, 3.05) is 13.2 Å². The molecule has 1 aromatic rings. The number of nitrogens with one attached hydrogen (secondary N) is 1. The maximum absolute atomic E-state index is 12.0. The van der Waals surface area contributed by atoms with Crippen LogP contribution in [0.15, 0.2) is 14.1 Å². The van der Waals surface area contributed by atoms with Crippen LogP contribution in [0.5, 0.6) is 0 Å². The zero-order chi connectivity index (χ0) is 12.5. The Kier molecular flexibility index (Phi) is 4.49. The van der Waals surface area contributed by atoms with Crippen molar-refractivity contribution in [3.63, 3.8) is 0 Å². The van der Waals surface area contributed by atoms with Crippen molar-refractivity contribution in [1.29, 1.82) is 0 Å². The molecule has 1 N–H and O–H groups in total. The summed E-state index contributed by atoms with van der Waals surface area (Å²) in [7, 11) is -3.46. The smallest absolute Gasteiger partial charge is 0.250 e. The highest BCUT2D eigenvalue weighted by Crippen LogP contribution is 2.34. The van der Waals surface area contributed by atoms with Gasteiger partial charge < -0.3 is 4.74 Å². The van der Waals surface area contributed by atoms with Crippen LogP contribution < -0.4 is 4.72 Å². The van der Waals surface area contributed by atoms with Crippen LogP contribution in [-0.4, -0.2) is 27.7 Å². The summed E-state index contributed by atoms with van der Waals surface area (Å²) in [6.07, 6.45) is 1.42. The fraction of sp³-hybridized carbons (Fsp3) is 0.556. The molecule has 2 rings (SSSR count). The maximum Gasteiger partial charge on any atom is 0.250 e. The van der Waals surface area contributed by atoms with E-state index in [1.165, 1.54) is 6.07 Å². The van der Waals surface area contributed by atoms with E-state index in [9.17, 15) is 8.42 Å². The molecular weight excluding hydrogens is 350 g/mol. The summed E-state index contributed by atoms with van der Waals surface area (Å²) in [5, 5.41) is 0.419. The average Bonchev–Trinajstić information content (AvgIpc) is 2.61. The van der Waals surface area contributed by atoms with Crippen molar-refractivity contribution in [3.8, 4) is 0 Å². The van der Waals surface area contributed by atoms with E-state index < -0.39 is 10.0 Å². The maximum atomic E-state index is 12.0. The van der Waals surface area contributed by atoms with E-state index in [1.54, 1.807) is 0 Å². The molecule has 4 nitrogen and oxygen atoms in total. The fourth-order valence-electron chi connectivity index (χ4n) is 1.55. The monoisotopic (exact) mass is 359 g/mol. The Balaban J connectivity index is 2.12. The van der Waals surface area contributed by atoms with Crippen molar-refractivity contribution in [3.05, 3.63) is 14.9 Å². The number of rotatable bonds is 3. The molecule has 0 amide bonds. The van der Waals surface area contributed by atoms with E-state index in [2.05, 4.69) is 20.7 Å². The standard InChI is InChI=1S/C9H11BrClNO3S2/c10-9-7(11)5-8(16-9)17(13,14)12-6-1-3-15-4-2-6/h5-6,12H,1-4H2. The summed E-state index contributed by atoms with van der Waals surface area (Å²) in [5.41, 5.74) is 0. The van der Waals surface area contributed by atoms with Gasteiger partial charge in [-0.05, 0) is 34.8 Å². The SMILES string of the molecule is O=S(=O)(NC1CCOCC1)c1cc(Cl)c(Br)s1. The third-order valence-electron chi connectivity index (χ3n) is 2.43. The fourth-order valence-corrected chi connectivity index (χ4v) is 5.27. The third kappa shape index (κ3) is 3.42. The molecule has 0 saturated carbocycles. The Morgan fingerprint density at radius 2 is 2.12 bits per heavy atom. The quantitative estimate of drug-likeness (QED) is 0.901. The minimum atomic E-state index is -3.46. The first-order chi connectivity index (χ1) is 7.99. The second-order valence-corrected chi connectivity index (χ2v) is 8.41. The Bertz CT molecular complexity index is 477. The average molecular weight is 361 g/mol.